The smallest absolute Gasteiger partial charge is 0.310 e. The minimum atomic E-state index is -4.27. The molecule has 1 unspecified atom stereocenters. The molecule has 1 N–H and O–H groups in total. The average molecular weight is 271 g/mol. The molecule has 1 atom stereocenters. The number of rotatable bonds is 4. The maximum Gasteiger partial charge on any atom is 0.416 e. The summed E-state index contributed by atoms with van der Waals surface area (Å²) < 4.78 is 37.9. The van der Waals surface area contributed by atoms with Gasteiger partial charge in [-0.3, -0.25) is 0 Å². The monoisotopic (exact) mass is 271 g/mol. The van der Waals surface area contributed by atoms with E-state index >= 15 is 0 Å². The molecule has 0 heterocycles. The van der Waals surface area contributed by atoms with Gasteiger partial charge in [0.1, 0.15) is 0 Å². The van der Waals surface area contributed by atoms with Crippen molar-refractivity contribution in [1.82, 2.24) is 5.32 Å². The predicted octanol–water partition coefficient (Wildman–Crippen LogP) is 4.55. The van der Waals surface area contributed by atoms with Crippen molar-refractivity contribution in [3.8, 4) is 0 Å². The van der Waals surface area contributed by atoms with E-state index in [2.05, 4.69) is 12.2 Å². The van der Waals surface area contributed by atoms with Gasteiger partial charge in [-0.15, -0.1) is 0 Å². The van der Waals surface area contributed by atoms with Crippen LogP contribution in [0.15, 0.2) is 24.3 Å². The summed E-state index contributed by atoms with van der Waals surface area (Å²) in [6.07, 6.45) is -0.601. The fraction of sp³-hybridized carbons (Fsp3) is 0.600. The lowest BCUT2D eigenvalue weighted by molar-refractivity contribution is -0.137. The van der Waals surface area contributed by atoms with Crippen molar-refractivity contribution in [3.63, 3.8) is 0 Å². The molecule has 106 valence electrons. The van der Waals surface area contributed by atoms with Crippen LogP contribution in [-0.2, 0) is 6.18 Å². The Morgan fingerprint density at radius 1 is 1.32 bits per heavy atom. The summed E-state index contributed by atoms with van der Waals surface area (Å²) in [6.45, 7) is 5.00. The molecule has 0 aliphatic heterocycles. The Bertz CT molecular complexity index is 435. The second kappa shape index (κ2) is 5.16. The van der Waals surface area contributed by atoms with Crippen LogP contribution in [0.2, 0.25) is 0 Å². The number of halogens is 3. The molecule has 1 aliphatic carbocycles. The third-order valence-corrected chi connectivity index (χ3v) is 4.11. The molecule has 1 nitrogen and oxygen atoms in total. The highest BCUT2D eigenvalue weighted by Gasteiger charge is 2.32. The van der Waals surface area contributed by atoms with Gasteiger partial charge in [-0.25, -0.2) is 0 Å². The topological polar surface area (TPSA) is 12.0 Å². The zero-order valence-electron chi connectivity index (χ0n) is 11.3. The summed E-state index contributed by atoms with van der Waals surface area (Å²) in [5, 5.41) is 3.35. The van der Waals surface area contributed by atoms with Crippen molar-refractivity contribution in [2.75, 3.05) is 6.54 Å². The molecule has 1 aromatic rings. The first-order valence-corrected chi connectivity index (χ1v) is 6.71. The van der Waals surface area contributed by atoms with Gasteiger partial charge >= 0.3 is 6.18 Å². The minimum Gasteiger partial charge on any atom is -0.310 e. The Morgan fingerprint density at radius 2 is 2.00 bits per heavy atom. The quantitative estimate of drug-likeness (QED) is 0.847. The fourth-order valence-corrected chi connectivity index (χ4v) is 2.46. The van der Waals surface area contributed by atoms with Gasteiger partial charge in [-0.05, 0) is 42.9 Å². The van der Waals surface area contributed by atoms with Crippen LogP contribution in [0.5, 0.6) is 0 Å². The molecule has 19 heavy (non-hydrogen) atoms. The molecule has 1 saturated carbocycles. The highest BCUT2D eigenvalue weighted by Crippen LogP contribution is 2.40. The number of alkyl halides is 3. The second-order valence-corrected chi connectivity index (χ2v) is 5.89. The van der Waals surface area contributed by atoms with Crippen LogP contribution < -0.4 is 5.32 Å². The van der Waals surface area contributed by atoms with Crippen molar-refractivity contribution >= 4 is 0 Å². The zero-order valence-corrected chi connectivity index (χ0v) is 11.3. The summed E-state index contributed by atoms with van der Waals surface area (Å²) >= 11 is 0. The molecule has 0 bridgehead atoms. The molecule has 0 saturated heterocycles. The average Bonchev–Trinajstić information content (AvgIpc) is 2.33. The van der Waals surface area contributed by atoms with Crippen LogP contribution in [-0.4, -0.2) is 6.54 Å². The molecule has 4 heteroatoms. The van der Waals surface area contributed by atoms with E-state index in [4.69, 9.17) is 0 Å². The Balaban J connectivity index is 2.00. The third-order valence-electron chi connectivity index (χ3n) is 4.11. The third kappa shape index (κ3) is 3.50. The van der Waals surface area contributed by atoms with E-state index in [0.29, 0.717) is 11.0 Å². The van der Waals surface area contributed by atoms with Gasteiger partial charge in [0.25, 0.3) is 0 Å². The Hall–Kier alpha value is -1.03. The number of hydrogen-bond acceptors (Lipinski definition) is 1. The number of benzene rings is 1. The molecule has 1 aliphatic rings. The Labute approximate surface area is 112 Å². The van der Waals surface area contributed by atoms with E-state index in [-0.39, 0.29) is 6.04 Å². The fourth-order valence-electron chi connectivity index (χ4n) is 2.46. The molecule has 0 aromatic heterocycles. The van der Waals surface area contributed by atoms with Gasteiger partial charge in [0, 0.05) is 12.6 Å². The zero-order chi connectivity index (χ0) is 14.1. The van der Waals surface area contributed by atoms with Crippen LogP contribution in [0.4, 0.5) is 13.2 Å². The summed E-state index contributed by atoms with van der Waals surface area (Å²) in [5.74, 6) is 0. The molecule has 0 radical (unpaired) electrons. The highest BCUT2D eigenvalue weighted by molar-refractivity contribution is 5.27. The predicted molar refractivity (Wildman–Crippen MR) is 69.8 cm³/mol. The molecular formula is C15H20F3N. The summed E-state index contributed by atoms with van der Waals surface area (Å²) in [7, 11) is 0. The molecule has 1 fully saturated rings. The minimum absolute atomic E-state index is 0.0558. The lowest BCUT2D eigenvalue weighted by Gasteiger charge is -2.39. The van der Waals surface area contributed by atoms with E-state index in [9.17, 15) is 13.2 Å². The standard InChI is InChI=1S/C15H20F3N/c1-11(19-10-14(2)7-4-8-14)12-5-3-6-13(9-12)15(16,17)18/h3,5-6,9,11,19H,4,7-8,10H2,1-2H3. The van der Waals surface area contributed by atoms with E-state index in [1.54, 1.807) is 6.07 Å². The van der Waals surface area contributed by atoms with E-state index in [1.165, 1.54) is 31.4 Å². The number of hydrogen-bond donors (Lipinski definition) is 1. The molecular weight excluding hydrogens is 251 g/mol. The van der Waals surface area contributed by atoms with Gasteiger partial charge in [0.05, 0.1) is 5.56 Å². The van der Waals surface area contributed by atoms with Crippen molar-refractivity contribution in [2.24, 2.45) is 5.41 Å². The molecule has 0 amide bonds. The molecule has 1 aromatic carbocycles. The molecule has 0 spiro atoms. The van der Waals surface area contributed by atoms with E-state index < -0.39 is 11.7 Å². The van der Waals surface area contributed by atoms with Gasteiger partial charge in [0.15, 0.2) is 0 Å². The van der Waals surface area contributed by atoms with E-state index in [0.717, 1.165) is 12.6 Å². The maximum absolute atomic E-state index is 12.6. The van der Waals surface area contributed by atoms with Crippen LogP contribution in [0, 0.1) is 5.41 Å². The van der Waals surface area contributed by atoms with Crippen LogP contribution in [0.25, 0.3) is 0 Å². The van der Waals surface area contributed by atoms with Gasteiger partial charge < -0.3 is 5.32 Å². The summed E-state index contributed by atoms with van der Waals surface area (Å²) in [4.78, 5) is 0. The lowest BCUT2D eigenvalue weighted by atomic mass is 9.70. The van der Waals surface area contributed by atoms with E-state index in [1.807, 2.05) is 6.92 Å². The molecule has 2 rings (SSSR count). The van der Waals surface area contributed by atoms with Gasteiger partial charge in [-0.1, -0.05) is 25.5 Å². The van der Waals surface area contributed by atoms with Gasteiger partial charge in [0.2, 0.25) is 0 Å². The summed E-state index contributed by atoms with van der Waals surface area (Å²) in [5.41, 5.74) is 0.446. The van der Waals surface area contributed by atoms with Crippen molar-refractivity contribution in [3.05, 3.63) is 35.4 Å². The van der Waals surface area contributed by atoms with Crippen molar-refractivity contribution in [2.45, 2.75) is 45.3 Å². The van der Waals surface area contributed by atoms with Crippen molar-refractivity contribution in [1.29, 1.82) is 0 Å². The first kappa shape index (κ1) is 14.4. The van der Waals surface area contributed by atoms with Crippen molar-refractivity contribution < 1.29 is 13.2 Å². The number of nitrogens with one attached hydrogen (secondary N) is 1. The normalized spacial score (nSPS) is 19.8. The largest absolute Gasteiger partial charge is 0.416 e. The SMILES string of the molecule is CC(NCC1(C)CCC1)c1cccc(C(F)(F)F)c1. The summed E-state index contributed by atoms with van der Waals surface area (Å²) in [6, 6.07) is 5.52. The second-order valence-electron chi connectivity index (χ2n) is 5.89. The van der Waals surface area contributed by atoms with Crippen LogP contribution >= 0.6 is 0 Å². The Morgan fingerprint density at radius 3 is 2.53 bits per heavy atom. The highest BCUT2D eigenvalue weighted by atomic mass is 19.4. The van der Waals surface area contributed by atoms with Gasteiger partial charge in [-0.2, -0.15) is 13.2 Å². The Kier molecular flexibility index (Phi) is 3.90. The van der Waals surface area contributed by atoms with Crippen LogP contribution in [0.1, 0.15) is 50.3 Å². The van der Waals surface area contributed by atoms with Crippen LogP contribution in [0.3, 0.4) is 0 Å². The maximum atomic E-state index is 12.6. The first-order valence-electron chi connectivity index (χ1n) is 6.71. The first-order chi connectivity index (χ1) is 8.80. The lowest BCUT2D eigenvalue weighted by Crippen LogP contribution is -2.38.